The molecule has 3 amide bonds. The molecule has 0 spiro atoms. The van der Waals surface area contributed by atoms with Gasteiger partial charge in [-0.1, -0.05) is 17.7 Å². The Bertz CT molecular complexity index is 1050. The summed E-state index contributed by atoms with van der Waals surface area (Å²) in [4.78, 5) is 36.6. The molecular formula is C22H22ClN5O3. The number of hydrogen-bond acceptors (Lipinski definition) is 4. The largest absolute Gasteiger partial charge is 0.352 e. The Kier molecular flexibility index (Phi) is 7.40. The number of anilines is 2. The molecular weight excluding hydrogens is 418 g/mol. The van der Waals surface area contributed by atoms with Gasteiger partial charge in [-0.3, -0.25) is 19.1 Å². The topological polar surface area (TPSA) is 105 Å². The van der Waals surface area contributed by atoms with Crippen LogP contribution in [0.2, 0.25) is 5.02 Å². The highest BCUT2D eigenvalue weighted by Gasteiger charge is 2.15. The second-order valence-electron chi connectivity index (χ2n) is 6.79. The molecule has 1 unspecified atom stereocenters. The molecule has 1 heterocycles. The van der Waals surface area contributed by atoms with Gasteiger partial charge in [0.15, 0.2) is 0 Å². The van der Waals surface area contributed by atoms with Crippen LogP contribution >= 0.6 is 11.6 Å². The zero-order chi connectivity index (χ0) is 22.2. The Morgan fingerprint density at radius 2 is 1.74 bits per heavy atom. The monoisotopic (exact) mass is 439 g/mol. The molecule has 160 valence electrons. The molecule has 0 saturated heterocycles. The molecule has 0 radical (unpaired) electrons. The van der Waals surface area contributed by atoms with Crippen molar-refractivity contribution in [2.75, 3.05) is 17.2 Å². The fourth-order valence-corrected chi connectivity index (χ4v) is 2.89. The maximum absolute atomic E-state index is 12.4. The van der Waals surface area contributed by atoms with E-state index in [1.165, 1.54) is 0 Å². The van der Waals surface area contributed by atoms with Crippen LogP contribution in [0.3, 0.4) is 0 Å². The number of aromatic nitrogens is 2. The van der Waals surface area contributed by atoms with Gasteiger partial charge in [0.2, 0.25) is 11.8 Å². The summed E-state index contributed by atoms with van der Waals surface area (Å²) < 4.78 is 1.55. The van der Waals surface area contributed by atoms with Crippen molar-refractivity contribution in [3.05, 3.63) is 77.6 Å². The molecule has 0 saturated carbocycles. The van der Waals surface area contributed by atoms with Crippen molar-refractivity contribution in [1.29, 1.82) is 0 Å². The molecule has 0 aliphatic rings. The number of nitrogens with one attached hydrogen (secondary N) is 3. The van der Waals surface area contributed by atoms with E-state index in [0.717, 1.165) is 0 Å². The molecule has 0 fully saturated rings. The van der Waals surface area contributed by atoms with E-state index in [1.807, 2.05) is 0 Å². The van der Waals surface area contributed by atoms with Crippen LogP contribution in [0.15, 0.2) is 67.0 Å². The molecule has 31 heavy (non-hydrogen) atoms. The molecule has 0 aliphatic carbocycles. The predicted molar refractivity (Wildman–Crippen MR) is 119 cm³/mol. The Balaban J connectivity index is 1.47. The van der Waals surface area contributed by atoms with Crippen LogP contribution < -0.4 is 16.0 Å². The van der Waals surface area contributed by atoms with Crippen LogP contribution in [0.1, 0.15) is 29.7 Å². The summed E-state index contributed by atoms with van der Waals surface area (Å²) in [6.45, 7) is 1.93. The summed E-state index contributed by atoms with van der Waals surface area (Å²) in [7, 11) is 0. The van der Waals surface area contributed by atoms with Crippen molar-refractivity contribution in [3.63, 3.8) is 0 Å². The Hall–Kier alpha value is -3.65. The second kappa shape index (κ2) is 10.4. The van der Waals surface area contributed by atoms with E-state index in [1.54, 1.807) is 78.6 Å². The normalized spacial score (nSPS) is 11.4. The number of halogens is 1. The number of carbonyl (C=O) groups is 3. The van der Waals surface area contributed by atoms with E-state index in [2.05, 4.69) is 21.0 Å². The average molecular weight is 440 g/mol. The standard InChI is InChI=1S/C22H22ClN5O3/c1-15(28-13-3-11-25-28)21(30)27-19-5-2-4-18(14-19)26-20(29)10-12-24-22(31)16-6-8-17(23)9-7-16/h2-9,11,13-15H,10,12H2,1H3,(H,24,31)(H,26,29)(H,27,30). The first-order valence-corrected chi connectivity index (χ1v) is 10.0. The zero-order valence-electron chi connectivity index (χ0n) is 16.8. The number of benzene rings is 2. The lowest BCUT2D eigenvalue weighted by Crippen LogP contribution is -2.27. The van der Waals surface area contributed by atoms with E-state index >= 15 is 0 Å². The van der Waals surface area contributed by atoms with E-state index < -0.39 is 6.04 Å². The molecule has 9 heteroatoms. The van der Waals surface area contributed by atoms with Crippen molar-refractivity contribution >= 4 is 40.7 Å². The van der Waals surface area contributed by atoms with Gasteiger partial charge < -0.3 is 16.0 Å². The van der Waals surface area contributed by atoms with Gasteiger partial charge in [-0.25, -0.2) is 0 Å². The third-order valence-corrected chi connectivity index (χ3v) is 4.71. The van der Waals surface area contributed by atoms with E-state index in [0.29, 0.717) is 22.0 Å². The smallest absolute Gasteiger partial charge is 0.251 e. The van der Waals surface area contributed by atoms with Gasteiger partial charge in [-0.15, -0.1) is 0 Å². The van der Waals surface area contributed by atoms with Gasteiger partial charge in [0.05, 0.1) is 0 Å². The average Bonchev–Trinajstić information content (AvgIpc) is 3.28. The minimum atomic E-state index is -0.475. The van der Waals surface area contributed by atoms with Crippen LogP contribution in [0.4, 0.5) is 11.4 Å². The van der Waals surface area contributed by atoms with Gasteiger partial charge in [0, 0.05) is 47.3 Å². The van der Waals surface area contributed by atoms with Gasteiger partial charge in [-0.2, -0.15) is 5.10 Å². The quantitative estimate of drug-likeness (QED) is 0.499. The third-order valence-electron chi connectivity index (χ3n) is 4.46. The van der Waals surface area contributed by atoms with Crippen molar-refractivity contribution in [2.45, 2.75) is 19.4 Å². The summed E-state index contributed by atoms with van der Waals surface area (Å²) in [5.41, 5.74) is 1.56. The van der Waals surface area contributed by atoms with Gasteiger partial charge >= 0.3 is 0 Å². The molecule has 1 atom stereocenters. The first kappa shape index (κ1) is 22.0. The molecule has 3 rings (SSSR count). The van der Waals surface area contributed by atoms with Crippen molar-refractivity contribution in [1.82, 2.24) is 15.1 Å². The van der Waals surface area contributed by atoms with Crippen molar-refractivity contribution in [2.24, 2.45) is 0 Å². The van der Waals surface area contributed by atoms with Gasteiger partial charge in [0.25, 0.3) is 5.91 Å². The van der Waals surface area contributed by atoms with E-state index in [-0.39, 0.29) is 30.7 Å². The number of amides is 3. The van der Waals surface area contributed by atoms with E-state index in [9.17, 15) is 14.4 Å². The summed E-state index contributed by atoms with van der Waals surface area (Å²) in [6.07, 6.45) is 3.43. The molecule has 0 bridgehead atoms. The lowest BCUT2D eigenvalue weighted by molar-refractivity contribution is -0.119. The predicted octanol–water partition coefficient (Wildman–Crippen LogP) is 3.49. The summed E-state index contributed by atoms with van der Waals surface area (Å²) in [6, 6.07) is 14.6. The zero-order valence-corrected chi connectivity index (χ0v) is 17.6. The Morgan fingerprint density at radius 3 is 2.42 bits per heavy atom. The molecule has 8 nitrogen and oxygen atoms in total. The van der Waals surface area contributed by atoms with Gasteiger partial charge in [-0.05, 0) is 55.5 Å². The maximum atomic E-state index is 12.4. The van der Waals surface area contributed by atoms with E-state index in [4.69, 9.17) is 11.6 Å². The second-order valence-corrected chi connectivity index (χ2v) is 7.23. The fraction of sp³-hybridized carbons (Fsp3) is 0.182. The summed E-state index contributed by atoms with van der Waals surface area (Å²) in [5.74, 6) is -0.762. The molecule has 2 aromatic carbocycles. The van der Waals surface area contributed by atoms with Crippen LogP contribution in [0.25, 0.3) is 0 Å². The number of hydrogen-bond donors (Lipinski definition) is 3. The molecule has 3 aromatic rings. The first-order chi connectivity index (χ1) is 14.9. The lowest BCUT2D eigenvalue weighted by atomic mass is 10.2. The first-order valence-electron chi connectivity index (χ1n) is 9.66. The fourth-order valence-electron chi connectivity index (χ4n) is 2.77. The maximum Gasteiger partial charge on any atom is 0.251 e. The summed E-state index contributed by atoms with van der Waals surface area (Å²) >= 11 is 5.81. The van der Waals surface area contributed by atoms with Crippen LogP contribution in [0.5, 0.6) is 0 Å². The summed E-state index contributed by atoms with van der Waals surface area (Å²) in [5, 5.41) is 12.9. The van der Waals surface area contributed by atoms with Crippen LogP contribution in [0, 0.1) is 0 Å². The van der Waals surface area contributed by atoms with Gasteiger partial charge in [0.1, 0.15) is 6.04 Å². The molecule has 1 aromatic heterocycles. The van der Waals surface area contributed by atoms with Crippen molar-refractivity contribution in [3.8, 4) is 0 Å². The van der Waals surface area contributed by atoms with Crippen molar-refractivity contribution < 1.29 is 14.4 Å². The highest BCUT2D eigenvalue weighted by Crippen LogP contribution is 2.17. The Labute approximate surface area is 184 Å². The number of nitrogens with zero attached hydrogens (tertiary/aromatic N) is 2. The minimum Gasteiger partial charge on any atom is -0.352 e. The number of rotatable bonds is 8. The Morgan fingerprint density at radius 1 is 1.03 bits per heavy atom. The van der Waals surface area contributed by atoms with Crippen LogP contribution in [-0.4, -0.2) is 34.0 Å². The minimum absolute atomic E-state index is 0.103. The highest BCUT2D eigenvalue weighted by molar-refractivity contribution is 6.30. The highest BCUT2D eigenvalue weighted by atomic mass is 35.5. The SMILES string of the molecule is CC(C(=O)Nc1cccc(NC(=O)CCNC(=O)c2ccc(Cl)cc2)c1)n1cccn1. The number of carbonyl (C=O) groups excluding carboxylic acids is 3. The molecule has 0 aliphatic heterocycles. The third kappa shape index (κ3) is 6.42. The van der Waals surface area contributed by atoms with Crippen LogP contribution in [-0.2, 0) is 9.59 Å². The lowest BCUT2D eigenvalue weighted by Gasteiger charge is -2.13. The molecule has 3 N–H and O–H groups in total.